The van der Waals surface area contributed by atoms with Gasteiger partial charge in [-0.05, 0) is 43.4 Å². The van der Waals surface area contributed by atoms with E-state index in [0.717, 1.165) is 24.0 Å². The molecule has 0 radical (unpaired) electrons. The van der Waals surface area contributed by atoms with E-state index < -0.39 is 24.4 Å². The van der Waals surface area contributed by atoms with Crippen molar-refractivity contribution in [2.45, 2.75) is 44.6 Å². The molecular weight excluding hydrogens is 482 g/mol. The highest BCUT2D eigenvalue weighted by Crippen LogP contribution is 2.35. The number of nitrogens with zero attached hydrogens (tertiary/aromatic N) is 3. The van der Waals surface area contributed by atoms with Crippen molar-refractivity contribution in [3.8, 4) is 10.4 Å². The fraction of sp³-hybridized carbons (Fsp3) is 0.333. The van der Waals surface area contributed by atoms with Crippen LogP contribution in [0.15, 0.2) is 54.7 Å². The van der Waals surface area contributed by atoms with E-state index in [2.05, 4.69) is 15.3 Å². The molecule has 6 nitrogen and oxygen atoms in total. The number of alkyl halides is 2. The predicted molar refractivity (Wildman–Crippen MR) is 135 cm³/mol. The van der Waals surface area contributed by atoms with E-state index in [0.29, 0.717) is 21.2 Å². The molecule has 1 saturated heterocycles. The normalized spacial score (nSPS) is 18.8. The molecule has 1 N–H and O–H groups in total. The Bertz CT molecular complexity index is 1320. The maximum absolute atomic E-state index is 14.5. The van der Waals surface area contributed by atoms with E-state index in [4.69, 9.17) is 0 Å². The second-order valence-corrected chi connectivity index (χ2v) is 10.3. The van der Waals surface area contributed by atoms with Crippen molar-refractivity contribution in [1.29, 1.82) is 0 Å². The lowest BCUT2D eigenvalue weighted by Crippen LogP contribution is -2.55. The number of halogens is 2. The minimum absolute atomic E-state index is 0.0734. The summed E-state index contributed by atoms with van der Waals surface area (Å²) < 4.78 is 28.9. The first-order valence-corrected chi connectivity index (χ1v) is 12.8. The van der Waals surface area contributed by atoms with Gasteiger partial charge >= 0.3 is 0 Å². The Morgan fingerprint density at radius 1 is 1.19 bits per heavy atom. The topological polar surface area (TPSA) is 75.2 Å². The Hall–Kier alpha value is -3.46. The van der Waals surface area contributed by atoms with Crippen molar-refractivity contribution in [3.63, 3.8) is 0 Å². The molecule has 0 spiro atoms. The molecule has 1 fully saturated rings. The number of rotatable bonds is 5. The number of carbonyl (C=O) groups is 2. The number of amides is 2. The van der Waals surface area contributed by atoms with Crippen molar-refractivity contribution in [2.75, 3.05) is 13.1 Å². The number of nitrogens with one attached hydrogen (secondary N) is 1. The summed E-state index contributed by atoms with van der Waals surface area (Å²) >= 11 is 1.36. The molecule has 36 heavy (non-hydrogen) atoms. The van der Waals surface area contributed by atoms with Crippen LogP contribution in [0.2, 0.25) is 0 Å². The van der Waals surface area contributed by atoms with Crippen molar-refractivity contribution >= 4 is 28.7 Å². The fourth-order valence-corrected chi connectivity index (χ4v) is 5.71. The summed E-state index contributed by atoms with van der Waals surface area (Å²) in [6, 6.07) is 12.6. The van der Waals surface area contributed by atoms with Crippen LogP contribution in [-0.2, 0) is 11.2 Å². The minimum atomic E-state index is -3.00. The van der Waals surface area contributed by atoms with Crippen LogP contribution in [0, 0.1) is 6.92 Å². The Morgan fingerprint density at radius 2 is 2.00 bits per heavy atom. The molecule has 1 atom stereocenters. The first kappa shape index (κ1) is 24.2. The Labute approximate surface area is 212 Å². The maximum atomic E-state index is 14.5. The van der Waals surface area contributed by atoms with Crippen LogP contribution in [0.4, 0.5) is 8.78 Å². The average Bonchev–Trinajstić information content (AvgIpc) is 3.28. The van der Waals surface area contributed by atoms with Gasteiger partial charge in [-0.25, -0.2) is 13.8 Å². The zero-order valence-electron chi connectivity index (χ0n) is 19.8. The van der Waals surface area contributed by atoms with E-state index >= 15 is 0 Å². The number of benzene rings is 1. The van der Waals surface area contributed by atoms with Gasteiger partial charge in [0.15, 0.2) is 0 Å². The quantitative estimate of drug-likeness (QED) is 0.532. The van der Waals surface area contributed by atoms with Gasteiger partial charge in [-0.3, -0.25) is 14.6 Å². The number of likely N-dealkylation sites (tertiary alicyclic amines) is 1. The highest BCUT2D eigenvalue weighted by atomic mass is 32.1. The van der Waals surface area contributed by atoms with Crippen LogP contribution in [0.3, 0.4) is 0 Å². The van der Waals surface area contributed by atoms with E-state index in [1.54, 1.807) is 13.1 Å². The Balaban J connectivity index is 1.37. The molecule has 1 aliphatic carbocycles. The summed E-state index contributed by atoms with van der Waals surface area (Å²) in [7, 11) is 0. The number of pyridine rings is 1. The third-order valence-corrected chi connectivity index (χ3v) is 7.59. The SMILES string of the molecule is Cc1nc(C(=O)N2CC(F)(F)CCC2CNC(=O)C2=CCCc3cccnc32)c(-c2ccccc2)s1. The lowest BCUT2D eigenvalue weighted by atomic mass is 9.94. The van der Waals surface area contributed by atoms with Gasteiger partial charge in [0.05, 0.1) is 27.7 Å². The minimum Gasteiger partial charge on any atom is -0.350 e. The number of aromatic nitrogens is 2. The number of aryl methyl sites for hydroxylation is 2. The van der Waals surface area contributed by atoms with Gasteiger partial charge in [0.1, 0.15) is 5.69 Å². The molecule has 1 aromatic carbocycles. The van der Waals surface area contributed by atoms with Crippen molar-refractivity contribution < 1.29 is 18.4 Å². The molecule has 1 unspecified atom stereocenters. The van der Waals surface area contributed by atoms with E-state index in [-0.39, 0.29) is 31.0 Å². The Morgan fingerprint density at radius 3 is 2.81 bits per heavy atom. The summed E-state index contributed by atoms with van der Waals surface area (Å²) in [4.78, 5) is 37.3. The average molecular weight is 509 g/mol. The zero-order valence-corrected chi connectivity index (χ0v) is 20.7. The summed E-state index contributed by atoms with van der Waals surface area (Å²) in [5, 5.41) is 3.56. The third kappa shape index (κ3) is 4.93. The number of piperidine rings is 1. The highest BCUT2D eigenvalue weighted by molar-refractivity contribution is 7.15. The first-order valence-electron chi connectivity index (χ1n) is 12.0. The molecule has 5 rings (SSSR count). The maximum Gasteiger partial charge on any atom is 0.274 e. The number of carbonyl (C=O) groups excluding carboxylic acids is 2. The highest BCUT2D eigenvalue weighted by Gasteiger charge is 2.43. The van der Waals surface area contributed by atoms with E-state index in [9.17, 15) is 18.4 Å². The summed E-state index contributed by atoms with van der Waals surface area (Å²) in [6.07, 6.45) is 4.79. The zero-order chi connectivity index (χ0) is 25.3. The van der Waals surface area contributed by atoms with Gasteiger partial charge in [-0.2, -0.15) is 0 Å². The second kappa shape index (κ2) is 9.89. The molecule has 3 aromatic rings. The third-order valence-electron chi connectivity index (χ3n) is 6.57. The Kier molecular flexibility index (Phi) is 6.66. The van der Waals surface area contributed by atoms with Gasteiger partial charge in [-0.1, -0.05) is 42.5 Å². The van der Waals surface area contributed by atoms with E-state index in [1.165, 1.54) is 16.2 Å². The number of hydrogen-bond acceptors (Lipinski definition) is 5. The van der Waals surface area contributed by atoms with E-state index in [1.807, 2.05) is 48.5 Å². The lowest BCUT2D eigenvalue weighted by molar-refractivity contribution is -0.116. The van der Waals surface area contributed by atoms with Gasteiger partial charge in [-0.15, -0.1) is 11.3 Å². The number of hydrogen-bond donors (Lipinski definition) is 1. The molecule has 1 aliphatic heterocycles. The number of thiazole rings is 1. The summed E-state index contributed by atoms with van der Waals surface area (Å²) in [5.41, 5.74) is 3.13. The van der Waals surface area contributed by atoms with Gasteiger partial charge in [0, 0.05) is 25.2 Å². The van der Waals surface area contributed by atoms with Crippen LogP contribution in [0.25, 0.3) is 16.0 Å². The molecular formula is C27H26F2N4O2S. The second-order valence-electron chi connectivity index (χ2n) is 9.14. The smallest absolute Gasteiger partial charge is 0.274 e. The van der Waals surface area contributed by atoms with Gasteiger partial charge in [0.2, 0.25) is 0 Å². The molecule has 2 aliphatic rings. The number of allylic oxidation sites excluding steroid dienone is 1. The van der Waals surface area contributed by atoms with Gasteiger partial charge < -0.3 is 10.2 Å². The summed E-state index contributed by atoms with van der Waals surface area (Å²) in [5.74, 6) is -3.85. The van der Waals surface area contributed by atoms with Crippen molar-refractivity contribution in [1.82, 2.24) is 20.2 Å². The summed E-state index contributed by atoms with van der Waals surface area (Å²) in [6.45, 7) is 1.16. The largest absolute Gasteiger partial charge is 0.350 e. The van der Waals surface area contributed by atoms with Crippen LogP contribution >= 0.6 is 11.3 Å². The molecule has 0 bridgehead atoms. The molecule has 2 aromatic heterocycles. The molecule has 0 saturated carbocycles. The first-order chi connectivity index (χ1) is 17.3. The van der Waals surface area contributed by atoms with Crippen LogP contribution in [0.1, 0.15) is 46.0 Å². The molecule has 9 heteroatoms. The number of fused-ring (bicyclic) bond motifs is 1. The van der Waals surface area contributed by atoms with Crippen LogP contribution in [0.5, 0.6) is 0 Å². The fourth-order valence-electron chi connectivity index (χ4n) is 4.79. The lowest BCUT2D eigenvalue weighted by Gasteiger charge is -2.39. The monoisotopic (exact) mass is 508 g/mol. The molecule has 3 heterocycles. The molecule has 2 amide bonds. The van der Waals surface area contributed by atoms with Crippen LogP contribution in [-0.4, -0.2) is 51.7 Å². The van der Waals surface area contributed by atoms with Crippen molar-refractivity contribution in [3.05, 3.63) is 76.7 Å². The van der Waals surface area contributed by atoms with Gasteiger partial charge in [0.25, 0.3) is 17.7 Å². The van der Waals surface area contributed by atoms with Crippen molar-refractivity contribution in [2.24, 2.45) is 0 Å². The molecule has 186 valence electrons. The standard InChI is InChI=1S/C27H26F2N4O2S/c1-17-32-23(24(36-17)19-7-3-2-4-8-19)26(35)33-16-27(28,29)13-12-20(33)15-31-25(34)21-11-5-9-18-10-6-14-30-22(18)21/h2-4,6-8,10-11,14,20H,5,9,12-13,15-16H2,1H3,(H,31,34). The predicted octanol–water partition coefficient (Wildman–Crippen LogP) is 4.90. The van der Waals surface area contributed by atoms with Crippen LogP contribution < -0.4 is 5.32 Å².